The summed E-state index contributed by atoms with van der Waals surface area (Å²) in [5.74, 6) is 0.452. The van der Waals surface area contributed by atoms with Crippen LogP contribution in [0, 0.1) is 11.8 Å². The number of carboxylic acid groups (broad SMARTS) is 1. The molecule has 0 spiro atoms. The van der Waals surface area contributed by atoms with E-state index < -0.39 is 5.97 Å². The lowest BCUT2D eigenvalue weighted by molar-refractivity contribution is 0.0684. The van der Waals surface area contributed by atoms with Crippen LogP contribution in [0.25, 0.3) is 10.9 Å². The van der Waals surface area contributed by atoms with Gasteiger partial charge in [0.1, 0.15) is 5.69 Å². The van der Waals surface area contributed by atoms with Gasteiger partial charge >= 0.3 is 5.97 Å². The van der Waals surface area contributed by atoms with Gasteiger partial charge in [-0.3, -0.25) is 0 Å². The number of nitrogens with one attached hydrogen (secondary N) is 1. The van der Waals surface area contributed by atoms with Crippen molar-refractivity contribution in [1.82, 2.24) is 9.88 Å². The van der Waals surface area contributed by atoms with Crippen molar-refractivity contribution in [2.45, 2.75) is 52.2 Å². The number of rotatable bonds is 6. The van der Waals surface area contributed by atoms with Gasteiger partial charge in [-0.05, 0) is 29.9 Å². The Morgan fingerprint density at radius 3 is 2.55 bits per heavy atom. The minimum Gasteiger partial charge on any atom is -0.477 e. The van der Waals surface area contributed by atoms with Crippen LogP contribution < -0.4 is 5.32 Å². The van der Waals surface area contributed by atoms with Gasteiger partial charge in [0.25, 0.3) is 0 Å². The molecule has 2 aromatic carbocycles. The summed E-state index contributed by atoms with van der Waals surface area (Å²) in [5, 5.41) is 14.8. The zero-order valence-electron chi connectivity index (χ0n) is 17.3. The number of fused-ring (bicyclic) bond motifs is 1. The molecule has 0 amide bonds. The molecular formula is C25H30N2O2. The molecule has 3 atom stereocenters. The van der Waals surface area contributed by atoms with Crippen LogP contribution in [0.3, 0.4) is 0 Å². The molecular weight excluding hydrogens is 360 g/mol. The summed E-state index contributed by atoms with van der Waals surface area (Å²) in [5.41, 5.74) is 3.38. The Morgan fingerprint density at radius 2 is 1.79 bits per heavy atom. The van der Waals surface area contributed by atoms with Gasteiger partial charge in [0.15, 0.2) is 0 Å². The fourth-order valence-corrected chi connectivity index (χ4v) is 4.83. The summed E-state index contributed by atoms with van der Waals surface area (Å²) in [7, 11) is 0. The molecule has 0 bridgehead atoms. The van der Waals surface area contributed by atoms with Gasteiger partial charge in [0.05, 0.1) is 0 Å². The summed E-state index contributed by atoms with van der Waals surface area (Å²) in [6.07, 6.45) is 3.69. The number of carbonyl (C=O) groups is 1. The largest absolute Gasteiger partial charge is 0.477 e. The highest BCUT2D eigenvalue weighted by molar-refractivity contribution is 5.98. The first kappa shape index (κ1) is 19.7. The monoisotopic (exact) mass is 390 g/mol. The Hall–Kier alpha value is -2.59. The highest BCUT2D eigenvalue weighted by atomic mass is 16.4. The van der Waals surface area contributed by atoms with Gasteiger partial charge in [-0.25, -0.2) is 4.79 Å². The SMILES string of the molecule is C[C@H]1[C@H](C)CCC[C@H]1NCc1c(C(=O)O)n(Cc2ccccc2)c2ccccc12. The number of nitrogens with zero attached hydrogens (tertiary/aromatic N) is 1. The fraction of sp³-hybridized carbons (Fsp3) is 0.400. The zero-order valence-corrected chi connectivity index (χ0v) is 17.3. The van der Waals surface area contributed by atoms with Crippen LogP contribution in [0.4, 0.5) is 0 Å². The Bertz CT molecular complexity index is 993. The molecule has 0 radical (unpaired) electrons. The molecule has 4 rings (SSSR count). The van der Waals surface area contributed by atoms with Crippen LogP contribution in [0.5, 0.6) is 0 Å². The first-order valence-corrected chi connectivity index (χ1v) is 10.7. The molecule has 1 aliphatic carbocycles. The molecule has 4 nitrogen and oxygen atoms in total. The predicted octanol–water partition coefficient (Wildman–Crippen LogP) is 5.30. The number of hydrogen-bond acceptors (Lipinski definition) is 2. The second kappa shape index (κ2) is 8.42. The molecule has 1 saturated carbocycles. The number of hydrogen-bond donors (Lipinski definition) is 2. The molecule has 1 heterocycles. The van der Waals surface area contributed by atoms with Gasteiger partial charge in [-0.15, -0.1) is 0 Å². The Balaban J connectivity index is 1.71. The van der Waals surface area contributed by atoms with Gasteiger partial charge in [-0.1, -0.05) is 75.2 Å². The van der Waals surface area contributed by atoms with E-state index in [0.29, 0.717) is 36.7 Å². The lowest BCUT2D eigenvalue weighted by atomic mass is 9.78. The molecule has 1 aromatic heterocycles. The van der Waals surface area contributed by atoms with E-state index in [9.17, 15) is 9.90 Å². The smallest absolute Gasteiger partial charge is 0.352 e. The van der Waals surface area contributed by atoms with E-state index in [4.69, 9.17) is 0 Å². The van der Waals surface area contributed by atoms with Crippen molar-refractivity contribution in [1.29, 1.82) is 0 Å². The molecule has 2 N–H and O–H groups in total. The van der Waals surface area contributed by atoms with E-state index >= 15 is 0 Å². The fourth-order valence-electron chi connectivity index (χ4n) is 4.83. The van der Waals surface area contributed by atoms with Crippen molar-refractivity contribution in [3.63, 3.8) is 0 Å². The van der Waals surface area contributed by atoms with Crippen LogP contribution in [0.2, 0.25) is 0 Å². The van der Waals surface area contributed by atoms with Crippen molar-refractivity contribution in [3.8, 4) is 0 Å². The van der Waals surface area contributed by atoms with Crippen molar-refractivity contribution in [2.24, 2.45) is 11.8 Å². The highest BCUT2D eigenvalue weighted by Crippen LogP contribution is 2.31. The van der Waals surface area contributed by atoms with Gasteiger partial charge in [0, 0.05) is 35.6 Å². The molecule has 0 aliphatic heterocycles. The summed E-state index contributed by atoms with van der Waals surface area (Å²) >= 11 is 0. The molecule has 1 fully saturated rings. The highest BCUT2D eigenvalue weighted by Gasteiger charge is 2.28. The maximum atomic E-state index is 12.3. The van der Waals surface area contributed by atoms with E-state index in [1.54, 1.807) is 0 Å². The van der Waals surface area contributed by atoms with Gasteiger partial charge in [0.2, 0.25) is 0 Å². The van der Waals surface area contributed by atoms with Crippen LogP contribution in [-0.2, 0) is 13.1 Å². The summed E-state index contributed by atoms with van der Waals surface area (Å²) in [6, 6.07) is 18.6. The summed E-state index contributed by atoms with van der Waals surface area (Å²) < 4.78 is 1.96. The number of para-hydroxylation sites is 1. The maximum Gasteiger partial charge on any atom is 0.352 e. The minimum atomic E-state index is -0.862. The quantitative estimate of drug-likeness (QED) is 0.600. The molecule has 152 valence electrons. The molecule has 4 heteroatoms. The van der Waals surface area contributed by atoms with Gasteiger partial charge < -0.3 is 15.0 Å². The molecule has 3 aromatic rings. The molecule has 1 aliphatic rings. The van der Waals surface area contributed by atoms with Crippen LogP contribution in [0.1, 0.15) is 54.7 Å². The minimum absolute atomic E-state index is 0.402. The van der Waals surface area contributed by atoms with Crippen LogP contribution >= 0.6 is 0 Å². The number of aromatic carboxylic acids is 1. The average molecular weight is 391 g/mol. The Kier molecular flexibility index (Phi) is 5.72. The van der Waals surface area contributed by atoms with Crippen LogP contribution in [-0.4, -0.2) is 21.7 Å². The lowest BCUT2D eigenvalue weighted by Crippen LogP contribution is -2.40. The molecule has 29 heavy (non-hydrogen) atoms. The zero-order chi connectivity index (χ0) is 20.4. The number of carboxylic acids is 1. The number of aromatic nitrogens is 1. The van der Waals surface area contributed by atoms with Gasteiger partial charge in [-0.2, -0.15) is 0 Å². The standard InChI is InChI=1S/C25H30N2O2/c1-17-9-8-13-22(18(17)2)26-15-21-20-12-6-7-14-23(20)27(24(21)25(28)29)16-19-10-4-3-5-11-19/h3-7,10-12,14,17-18,22,26H,8-9,13,15-16H2,1-2H3,(H,28,29)/t17-,18+,22-/m1/s1. The molecule has 0 saturated heterocycles. The Morgan fingerprint density at radius 1 is 1.07 bits per heavy atom. The third-order valence-electron chi connectivity index (χ3n) is 6.71. The topological polar surface area (TPSA) is 54.3 Å². The third kappa shape index (κ3) is 3.95. The van der Waals surface area contributed by atoms with E-state index in [0.717, 1.165) is 28.5 Å². The maximum absolute atomic E-state index is 12.3. The van der Waals surface area contributed by atoms with E-state index in [1.165, 1.54) is 12.8 Å². The van der Waals surface area contributed by atoms with Crippen molar-refractivity contribution in [3.05, 3.63) is 71.4 Å². The first-order valence-electron chi connectivity index (χ1n) is 10.7. The van der Waals surface area contributed by atoms with E-state index in [-0.39, 0.29) is 0 Å². The lowest BCUT2D eigenvalue weighted by Gasteiger charge is -2.34. The second-order valence-corrected chi connectivity index (χ2v) is 8.48. The first-order chi connectivity index (χ1) is 14.1. The van der Waals surface area contributed by atoms with Crippen molar-refractivity contribution < 1.29 is 9.90 Å². The Labute approximate surface area is 172 Å². The van der Waals surface area contributed by atoms with Crippen molar-refractivity contribution in [2.75, 3.05) is 0 Å². The molecule has 0 unspecified atom stereocenters. The summed E-state index contributed by atoms with van der Waals surface area (Å²) in [4.78, 5) is 12.3. The summed E-state index contributed by atoms with van der Waals surface area (Å²) in [6.45, 7) is 5.79. The number of benzene rings is 2. The third-order valence-corrected chi connectivity index (χ3v) is 6.71. The van der Waals surface area contributed by atoms with Crippen molar-refractivity contribution >= 4 is 16.9 Å². The normalized spacial score (nSPS) is 22.1. The average Bonchev–Trinajstić information content (AvgIpc) is 3.04. The van der Waals surface area contributed by atoms with E-state index in [1.807, 2.05) is 59.2 Å². The predicted molar refractivity (Wildman–Crippen MR) is 117 cm³/mol. The van der Waals surface area contributed by atoms with E-state index in [2.05, 4.69) is 19.2 Å². The second-order valence-electron chi connectivity index (χ2n) is 8.48. The van der Waals surface area contributed by atoms with Crippen LogP contribution in [0.15, 0.2) is 54.6 Å².